The van der Waals surface area contributed by atoms with Crippen LogP contribution in [0.4, 0.5) is 5.69 Å². The molecule has 0 unspecified atom stereocenters. The van der Waals surface area contributed by atoms with Crippen LogP contribution >= 0.6 is 0 Å². The summed E-state index contributed by atoms with van der Waals surface area (Å²) >= 11 is 0. The fourth-order valence-electron chi connectivity index (χ4n) is 1.83. The molecule has 1 N–H and O–H groups in total. The van der Waals surface area contributed by atoms with Crippen molar-refractivity contribution in [2.75, 3.05) is 0 Å². The van der Waals surface area contributed by atoms with Crippen LogP contribution in [-0.2, 0) is 0 Å². The fraction of sp³-hybridized carbons (Fsp3) is 0.200. The quantitative estimate of drug-likeness (QED) is 0.680. The number of nitro groups is 1. The zero-order valence-electron chi connectivity index (χ0n) is 11.2. The lowest BCUT2D eigenvalue weighted by molar-refractivity contribution is -0.385. The average Bonchev–Trinajstić information content (AvgIpc) is 2.38. The zero-order valence-corrected chi connectivity index (χ0v) is 11.2. The van der Waals surface area contributed by atoms with Gasteiger partial charge in [-0.25, -0.2) is 0 Å². The maximum atomic E-state index is 11.1. The lowest BCUT2D eigenvalue weighted by atomic mass is 10.1. The van der Waals surface area contributed by atoms with Crippen LogP contribution in [0.2, 0.25) is 0 Å². The average molecular weight is 273 g/mol. The number of aliphatic hydroxyl groups excluding tert-OH is 1. The molecule has 0 amide bonds. The van der Waals surface area contributed by atoms with Gasteiger partial charge in [-0.1, -0.05) is 18.2 Å². The minimum absolute atomic E-state index is 0.157. The predicted molar refractivity (Wildman–Crippen MR) is 75.0 cm³/mol. The number of benzene rings is 2. The van der Waals surface area contributed by atoms with E-state index in [0.29, 0.717) is 11.3 Å². The van der Waals surface area contributed by atoms with Gasteiger partial charge in [0.1, 0.15) is 5.75 Å². The number of aliphatic hydroxyl groups is 1. The van der Waals surface area contributed by atoms with Gasteiger partial charge in [0.05, 0.1) is 11.0 Å². The van der Waals surface area contributed by atoms with Gasteiger partial charge < -0.3 is 9.84 Å². The molecular formula is C15H15NO4. The smallest absolute Gasteiger partial charge is 0.311 e. The van der Waals surface area contributed by atoms with E-state index in [1.807, 2.05) is 19.1 Å². The minimum atomic E-state index is -0.762. The third-order valence-corrected chi connectivity index (χ3v) is 2.88. The molecule has 0 heterocycles. The first-order chi connectivity index (χ1) is 9.47. The van der Waals surface area contributed by atoms with E-state index in [4.69, 9.17) is 4.74 Å². The van der Waals surface area contributed by atoms with Gasteiger partial charge in [-0.2, -0.15) is 0 Å². The van der Waals surface area contributed by atoms with E-state index in [2.05, 4.69) is 0 Å². The van der Waals surface area contributed by atoms with Crippen molar-refractivity contribution in [2.45, 2.75) is 20.0 Å². The Morgan fingerprint density at radius 1 is 1.25 bits per heavy atom. The third kappa shape index (κ3) is 3.13. The molecule has 1 atom stereocenters. The van der Waals surface area contributed by atoms with Crippen molar-refractivity contribution in [3.63, 3.8) is 0 Å². The first-order valence-electron chi connectivity index (χ1n) is 6.18. The van der Waals surface area contributed by atoms with Crippen molar-refractivity contribution >= 4 is 5.69 Å². The molecule has 0 aliphatic carbocycles. The highest BCUT2D eigenvalue weighted by atomic mass is 16.6. The Hall–Kier alpha value is -2.40. The van der Waals surface area contributed by atoms with Crippen LogP contribution in [0.1, 0.15) is 24.2 Å². The molecule has 0 aliphatic heterocycles. The number of hydrogen-bond donors (Lipinski definition) is 1. The lowest BCUT2D eigenvalue weighted by Gasteiger charge is -2.09. The van der Waals surface area contributed by atoms with Gasteiger partial charge in [-0.3, -0.25) is 10.1 Å². The first kappa shape index (κ1) is 14.0. The van der Waals surface area contributed by atoms with E-state index < -0.39 is 11.0 Å². The molecule has 0 spiro atoms. The lowest BCUT2D eigenvalue weighted by Crippen LogP contribution is -1.97. The maximum absolute atomic E-state index is 11.1. The molecule has 0 bridgehead atoms. The van der Waals surface area contributed by atoms with Crippen molar-refractivity contribution in [3.8, 4) is 11.5 Å². The maximum Gasteiger partial charge on any atom is 0.311 e. The molecule has 20 heavy (non-hydrogen) atoms. The largest absolute Gasteiger partial charge is 0.450 e. The summed E-state index contributed by atoms with van der Waals surface area (Å²) in [6.07, 6.45) is -0.762. The summed E-state index contributed by atoms with van der Waals surface area (Å²) in [6.45, 7) is 3.47. The summed E-state index contributed by atoms with van der Waals surface area (Å²) in [5.41, 5.74) is 1.32. The number of nitro benzene ring substituents is 1. The van der Waals surface area contributed by atoms with Gasteiger partial charge in [0, 0.05) is 6.07 Å². The summed E-state index contributed by atoms with van der Waals surface area (Å²) in [7, 11) is 0. The molecule has 0 aromatic heterocycles. The van der Waals surface area contributed by atoms with E-state index in [1.54, 1.807) is 25.1 Å². The van der Waals surface area contributed by atoms with Gasteiger partial charge in [0.25, 0.3) is 0 Å². The molecule has 0 saturated carbocycles. The molecule has 5 nitrogen and oxygen atoms in total. The van der Waals surface area contributed by atoms with Crippen LogP contribution in [0.3, 0.4) is 0 Å². The van der Waals surface area contributed by atoms with E-state index in [9.17, 15) is 15.2 Å². The molecule has 0 radical (unpaired) electrons. The van der Waals surface area contributed by atoms with E-state index in [0.717, 1.165) is 5.56 Å². The number of nitrogens with zero attached hydrogens (tertiary/aromatic N) is 1. The molecule has 5 heteroatoms. The third-order valence-electron chi connectivity index (χ3n) is 2.88. The second-order valence-electron chi connectivity index (χ2n) is 4.58. The van der Waals surface area contributed by atoms with Crippen LogP contribution in [0.5, 0.6) is 11.5 Å². The number of rotatable bonds is 4. The van der Waals surface area contributed by atoms with Crippen LogP contribution < -0.4 is 4.74 Å². The summed E-state index contributed by atoms with van der Waals surface area (Å²) in [6, 6.07) is 11.7. The molecule has 0 aliphatic rings. The Morgan fingerprint density at radius 3 is 2.60 bits per heavy atom. The molecule has 0 fully saturated rings. The van der Waals surface area contributed by atoms with Crippen LogP contribution in [0, 0.1) is 17.0 Å². The highest BCUT2D eigenvalue weighted by Gasteiger charge is 2.18. The van der Waals surface area contributed by atoms with Crippen molar-refractivity contribution in [1.29, 1.82) is 0 Å². The molecule has 2 aromatic rings. The first-order valence-corrected chi connectivity index (χ1v) is 6.18. The monoisotopic (exact) mass is 273 g/mol. The van der Waals surface area contributed by atoms with Crippen molar-refractivity contribution in [2.24, 2.45) is 0 Å². The van der Waals surface area contributed by atoms with Crippen molar-refractivity contribution in [3.05, 3.63) is 63.7 Å². The highest BCUT2D eigenvalue weighted by molar-refractivity contribution is 5.51. The van der Waals surface area contributed by atoms with Gasteiger partial charge >= 0.3 is 5.69 Å². The highest BCUT2D eigenvalue weighted by Crippen LogP contribution is 2.33. The molecule has 2 aromatic carbocycles. The Labute approximate surface area is 116 Å². The Morgan fingerprint density at radius 2 is 2.00 bits per heavy atom. The van der Waals surface area contributed by atoms with E-state index >= 15 is 0 Å². The molecule has 2 rings (SSSR count). The topological polar surface area (TPSA) is 72.6 Å². The minimum Gasteiger partial charge on any atom is -0.450 e. The zero-order chi connectivity index (χ0) is 14.7. The SMILES string of the molecule is Cc1cccc(Oc2ccc([C@H](C)O)cc2[N+](=O)[O-])c1. The Balaban J connectivity index is 2.38. The van der Waals surface area contributed by atoms with Crippen LogP contribution in [-0.4, -0.2) is 10.0 Å². The summed E-state index contributed by atoms with van der Waals surface area (Å²) in [5, 5.41) is 20.6. The van der Waals surface area contributed by atoms with Crippen LogP contribution in [0.25, 0.3) is 0 Å². The van der Waals surface area contributed by atoms with Crippen LogP contribution in [0.15, 0.2) is 42.5 Å². The fourth-order valence-corrected chi connectivity index (χ4v) is 1.83. The van der Waals surface area contributed by atoms with Gasteiger partial charge in [-0.15, -0.1) is 0 Å². The second-order valence-corrected chi connectivity index (χ2v) is 4.58. The number of hydrogen-bond acceptors (Lipinski definition) is 4. The van der Waals surface area contributed by atoms with Gasteiger partial charge in [-0.05, 0) is 43.2 Å². The molecule has 0 saturated heterocycles. The van der Waals surface area contributed by atoms with E-state index in [-0.39, 0.29) is 11.4 Å². The second kappa shape index (κ2) is 5.71. The normalized spacial score (nSPS) is 11.9. The Kier molecular flexibility index (Phi) is 4.00. The number of aryl methyl sites for hydroxylation is 1. The van der Waals surface area contributed by atoms with Gasteiger partial charge in [0.15, 0.2) is 0 Å². The summed E-state index contributed by atoms with van der Waals surface area (Å²) in [5.74, 6) is 0.697. The Bertz CT molecular complexity index is 638. The molecule has 104 valence electrons. The summed E-state index contributed by atoms with van der Waals surface area (Å²) < 4.78 is 5.56. The van der Waals surface area contributed by atoms with E-state index in [1.165, 1.54) is 12.1 Å². The summed E-state index contributed by atoms with van der Waals surface area (Å²) in [4.78, 5) is 10.6. The molecular weight excluding hydrogens is 258 g/mol. The van der Waals surface area contributed by atoms with Crippen molar-refractivity contribution in [1.82, 2.24) is 0 Å². The van der Waals surface area contributed by atoms with Crippen molar-refractivity contribution < 1.29 is 14.8 Å². The predicted octanol–water partition coefficient (Wildman–Crippen LogP) is 3.75. The van der Waals surface area contributed by atoms with Gasteiger partial charge in [0.2, 0.25) is 5.75 Å². The standard InChI is InChI=1S/C15H15NO4/c1-10-4-3-5-13(8-10)20-15-7-6-12(11(2)17)9-14(15)16(18)19/h3-9,11,17H,1-2H3/t11-/m0/s1. The number of ether oxygens (including phenoxy) is 1.